The zero-order chi connectivity index (χ0) is 13.8. The molecular formula is C15H25Cl2N3O2. The summed E-state index contributed by atoms with van der Waals surface area (Å²) in [6.07, 6.45) is 6.36. The third-order valence-corrected chi connectivity index (χ3v) is 4.07. The Morgan fingerprint density at radius 1 is 1.14 bits per heavy atom. The number of rotatable bonds is 3. The molecule has 1 saturated carbocycles. The van der Waals surface area contributed by atoms with Crippen molar-refractivity contribution in [1.82, 2.24) is 4.98 Å². The van der Waals surface area contributed by atoms with Gasteiger partial charge in [-0.25, -0.2) is 4.98 Å². The predicted octanol–water partition coefficient (Wildman–Crippen LogP) is 2.41. The molecule has 0 aromatic carbocycles. The van der Waals surface area contributed by atoms with Crippen molar-refractivity contribution in [2.45, 2.75) is 37.8 Å². The van der Waals surface area contributed by atoms with E-state index < -0.39 is 0 Å². The van der Waals surface area contributed by atoms with E-state index in [0.717, 1.165) is 63.6 Å². The molecule has 2 N–H and O–H groups in total. The molecule has 1 aliphatic carbocycles. The molecule has 1 aromatic rings. The second kappa shape index (κ2) is 9.40. The van der Waals surface area contributed by atoms with Crippen LogP contribution in [-0.2, 0) is 4.74 Å². The summed E-state index contributed by atoms with van der Waals surface area (Å²) in [5.74, 6) is 1.90. The van der Waals surface area contributed by atoms with E-state index in [-0.39, 0.29) is 24.8 Å². The Morgan fingerprint density at radius 2 is 1.82 bits per heavy atom. The Bertz CT molecular complexity index is 437. The molecule has 0 atom stereocenters. The highest BCUT2D eigenvalue weighted by Crippen LogP contribution is 2.25. The lowest BCUT2D eigenvalue weighted by Gasteiger charge is -2.29. The van der Waals surface area contributed by atoms with Gasteiger partial charge in [-0.3, -0.25) is 0 Å². The zero-order valence-electron chi connectivity index (χ0n) is 12.6. The van der Waals surface area contributed by atoms with E-state index in [4.69, 9.17) is 15.2 Å². The van der Waals surface area contributed by atoms with Crippen molar-refractivity contribution in [3.8, 4) is 5.75 Å². The quantitative estimate of drug-likeness (QED) is 0.907. The van der Waals surface area contributed by atoms with E-state index >= 15 is 0 Å². The summed E-state index contributed by atoms with van der Waals surface area (Å²) in [5, 5.41) is 0. The van der Waals surface area contributed by atoms with Gasteiger partial charge < -0.3 is 20.1 Å². The van der Waals surface area contributed by atoms with Gasteiger partial charge in [0.1, 0.15) is 11.6 Å². The molecule has 1 saturated heterocycles. The molecule has 7 heteroatoms. The van der Waals surface area contributed by atoms with Crippen LogP contribution in [0, 0.1) is 0 Å². The van der Waals surface area contributed by atoms with Crippen LogP contribution in [0.5, 0.6) is 5.75 Å². The van der Waals surface area contributed by atoms with Crippen LogP contribution in [0.25, 0.3) is 0 Å². The van der Waals surface area contributed by atoms with Gasteiger partial charge in [-0.2, -0.15) is 0 Å². The van der Waals surface area contributed by atoms with Crippen molar-refractivity contribution in [3.05, 3.63) is 18.3 Å². The van der Waals surface area contributed by atoms with Crippen molar-refractivity contribution < 1.29 is 9.47 Å². The molecule has 5 nitrogen and oxygen atoms in total. The first kappa shape index (κ1) is 19.3. The van der Waals surface area contributed by atoms with E-state index in [1.54, 1.807) is 0 Å². The van der Waals surface area contributed by atoms with Gasteiger partial charge in [-0.05, 0) is 31.7 Å². The van der Waals surface area contributed by atoms with Crippen LogP contribution in [0.4, 0.5) is 5.82 Å². The molecule has 22 heavy (non-hydrogen) atoms. The highest BCUT2D eigenvalue weighted by molar-refractivity contribution is 5.85. The number of halogens is 2. The van der Waals surface area contributed by atoms with Gasteiger partial charge in [0, 0.05) is 31.4 Å². The van der Waals surface area contributed by atoms with Crippen LogP contribution in [-0.4, -0.2) is 43.4 Å². The third-order valence-electron chi connectivity index (χ3n) is 4.07. The maximum Gasteiger partial charge on any atom is 0.132 e. The standard InChI is InChI=1S/C15H23N3O2.2ClH/c16-12-1-3-13(4-2-12)20-14-5-6-17-15(11-14)18-7-9-19-10-8-18;;/h5-6,11-13H,1-4,7-10,16H2;2*1H. The Hall–Kier alpha value is -0.750. The number of nitrogens with zero attached hydrogens (tertiary/aromatic N) is 2. The monoisotopic (exact) mass is 349 g/mol. The second-order valence-electron chi connectivity index (χ2n) is 5.60. The van der Waals surface area contributed by atoms with E-state index in [0.29, 0.717) is 12.1 Å². The maximum absolute atomic E-state index is 6.08. The van der Waals surface area contributed by atoms with Gasteiger partial charge in [0.15, 0.2) is 0 Å². The van der Waals surface area contributed by atoms with Gasteiger partial charge in [0.05, 0.1) is 19.3 Å². The van der Waals surface area contributed by atoms with Crippen molar-refractivity contribution in [3.63, 3.8) is 0 Å². The Balaban J connectivity index is 0.00000121. The van der Waals surface area contributed by atoms with E-state index in [1.807, 2.05) is 18.3 Å². The van der Waals surface area contributed by atoms with E-state index in [1.165, 1.54) is 0 Å². The molecule has 0 unspecified atom stereocenters. The van der Waals surface area contributed by atoms with Crippen LogP contribution in [0.15, 0.2) is 18.3 Å². The average Bonchev–Trinajstić information content (AvgIpc) is 2.51. The number of hydrogen-bond acceptors (Lipinski definition) is 5. The molecule has 2 fully saturated rings. The summed E-state index contributed by atoms with van der Waals surface area (Å²) in [6.45, 7) is 3.34. The van der Waals surface area contributed by atoms with Gasteiger partial charge in [-0.15, -0.1) is 24.8 Å². The van der Waals surface area contributed by atoms with Crippen molar-refractivity contribution in [2.24, 2.45) is 5.73 Å². The third kappa shape index (κ3) is 5.16. The first-order valence-electron chi connectivity index (χ1n) is 7.52. The van der Waals surface area contributed by atoms with Crippen molar-refractivity contribution >= 4 is 30.6 Å². The fourth-order valence-electron chi connectivity index (χ4n) is 2.84. The molecule has 1 aliphatic heterocycles. The highest BCUT2D eigenvalue weighted by atomic mass is 35.5. The molecule has 0 bridgehead atoms. The lowest BCUT2D eigenvalue weighted by molar-refractivity contribution is 0.122. The van der Waals surface area contributed by atoms with Gasteiger partial charge in [0.2, 0.25) is 0 Å². The van der Waals surface area contributed by atoms with Crippen molar-refractivity contribution in [1.29, 1.82) is 0 Å². The number of pyridine rings is 1. The number of nitrogens with two attached hydrogens (primary N) is 1. The predicted molar refractivity (Wildman–Crippen MR) is 92.6 cm³/mol. The molecular weight excluding hydrogens is 325 g/mol. The number of anilines is 1. The van der Waals surface area contributed by atoms with Crippen LogP contribution < -0.4 is 15.4 Å². The Morgan fingerprint density at radius 3 is 2.50 bits per heavy atom. The lowest BCUT2D eigenvalue weighted by Crippen LogP contribution is -2.36. The fraction of sp³-hybridized carbons (Fsp3) is 0.667. The summed E-state index contributed by atoms with van der Waals surface area (Å²) in [7, 11) is 0. The summed E-state index contributed by atoms with van der Waals surface area (Å²) in [5.41, 5.74) is 5.93. The van der Waals surface area contributed by atoms with Crippen molar-refractivity contribution in [2.75, 3.05) is 31.2 Å². The molecule has 3 rings (SSSR count). The molecule has 126 valence electrons. The SMILES string of the molecule is Cl.Cl.NC1CCC(Oc2ccnc(N3CCOCC3)c2)CC1. The summed E-state index contributed by atoms with van der Waals surface area (Å²) in [6, 6.07) is 4.34. The maximum atomic E-state index is 6.08. The van der Waals surface area contributed by atoms with E-state index in [2.05, 4.69) is 9.88 Å². The fourth-order valence-corrected chi connectivity index (χ4v) is 2.84. The summed E-state index contributed by atoms with van der Waals surface area (Å²) in [4.78, 5) is 6.68. The topological polar surface area (TPSA) is 60.6 Å². The Labute approximate surface area is 144 Å². The molecule has 2 aliphatic rings. The number of aromatic nitrogens is 1. The summed E-state index contributed by atoms with van der Waals surface area (Å²) >= 11 is 0. The van der Waals surface area contributed by atoms with Crippen LogP contribution >= 0.6 is 24.8 Å². The largest absolute Gasteiger partial charge is 0.490 e. The second-order valence-corrected chi connectivity index (χ2v) is 5.60. The Kier molecular flexibility index (Phi) is 8.25. The summed E-state index contributed by atoms with van der Waals surface area (Å²) < 4.78 is 11.5. The first-order chi connectivity index (χ1) is 9.81. The van der Waals surface area contributed by atoms with Crippen LogP contribution in [0.1, 0.15) is 25.7 Å². The molecule has 2 heterocycles. The van der Waals surface area contributed by atoms with Gasteiger partial charge >= 0.3 is 0 Å². The number of hydrogen-bond donors (Lipinski definition) is 1. The molecule has 0 amide bonds. The molecule has 0 radical (unpaired) electrons. The molecule has 0 spiro atoms. The normalized spacial score (nSPS) is 24.9. The highest BCUT2D eigenvalue weighted by Gasteiger charge is 2.20. The minimum absolute atomic E-state index is 0. The van der Waals surface area contributed by atoms with Gasteiger partial charge in [-0.1, -0.05) is 0 Å². The lowest BCUT2D eigenvalue weighted by atomic mass is 9.94. The van der Waals surface area contributed by atoms with Crippen LogP contribution in [0.2, 0.25) is 0 Å². The smallest absolute Gasteiger partial charge is 0.132 e. The minimum Gasteiger partial charge on any atom is -0.490 e. The van der Waals surface area contributed by atoms with E-state index in [9.17, 15) is 0 Å². The minimum atomic E-state index is 0. The van der Waals surface area contributed by atoms with Crippen LogP contribution in [0.3, 0.4) is 0 Å². The van der Waals surface area contributed by atoms with Gasteiger partial charge in [0.25, 0.3) is 0 Å². The molecule has 1 aromatic heterocycles. The number of morpholine rings is 1. The first-order valence-corrected chi connectivity index (χ1v) is 7.52. The zero-order valence-corrected chi connectivity index (χ0v) is 14.3. The average molecular weight is 350 g/mol. The number of ether oxygens (including phenoxy) is 2.